The van der Waals surface area contributed by atoms with Gasteiger partial charge in [-0.1, -0.05) is 6.08 Å². The van der Waals surface area contributed by atoms with E-state index in [0.29, 0.717) is 36.4 Å². The summed E-state index contributed by atoms with van der Waals surface area (Å²) in [6.45, 7) is 0. The van der Waals surface area contributed by atoms with Gasteiger partial charge in [0.25, 0.3) is 11.8 Å². The molecule has 7 nitrogen and oxygen atoms in total. The largest absolute Gasteiger partial charge is 0.338 e. The van der Waals surface area contributed by atoms with Gasteiger partial charge in [-0.15, -0.1) is 5.06 Å². The van der Waals surface area contributed by atoms with Crippen LogP contribution in [0.15, 0.2) is 11.6 Å². The van der Waals surface area contributed by atoms with Crippen LogP contribution in [0.3, 0.4) is 0 Å². The zero-order valence-electron chi connectivity index (χ0n) is 14.4. The van der Waals surface area contributed by atoms with Gasteiger partial charge in [-0.05, 0) is 19.3 Å². The predicted octanol–water partition coefficient (Wildman–Crippen LogP) is 0.538. The number of fused-ring (bicyclic) bond motifs is 2. The Morgan fingerprint density at radius 3 is 2.56 bits per heavy atom. The molecule has 136 valence electrons. The lowest BCUT2D eigenvalue weighted by Crippen LogP contribution is -2.91. The van der Waals surface area contributed by atoms with E-state index in [1.54, 1.807) is 0 Å². The molecule has 2 saturated heterocycles. The number of hydroxylamine groups is 2. The minimum atomic E-state index is -0.600. The van der Waals surface area contributed by atoms with Crippen molar-refractivity contribution in [3.8, 4) is 0 Å². The number of unbranched alkanes of at least 4 members (excludes halogenated alkanes) is 1. The highest BCUT2D eigenvalue weighted by atomic mass is 16.7. The lowest BCUT2D eigenvalue weighted by Gasteiger charge is -2.13. The minimum Gasteiger partial charge on any atom is -0.338 e. The van der Waals surface area contributed by atoms with Crippen LogP contribution in [0.2, 0.25) is 0 Å². The van der Waals surface area contributed by atoms with Crippen LogP contribution >= 0.6 is 0 Å². The van der Waals surface area contributed by atoms with Gasteiger partial charge >= 0.3 is 5.97 Å². The molecule has 2 N–H and O–H groups in total. The van der Waals surface area contributed by atoms with Crippen LogP contribution < -0.4 is 5.32 Å². The van der Waals surface area contributed by atoms with Gasteiger partial charge in [-0.2, -0.15) is 0 Å². The van der Waals surface area contributed by atoms with Crippen LogP contribution in [-0.2, 0) is 24.0 Å². The monoisotopic (exact) mass is 349 g/mol. The third-order valence-electron chi connectivity index (χ3n) is 5.21. The molecular weight excluding hydrogens is 324 g/mol. The van der Waals surface area contributed by atoms with Crippen LogP contribution in [0, 0.1) is 0 Å². The highest BCUT2D eigenvalue weighted by Crippen LogP contribution is 2.22. The number of nitrogens with two attached hydrogens (primary N) is 1. The first kappa shape index (κ1) is 17.8. The summed E-state index contributed by atoms with van der Waals surface area (Å²) >= 11 is 0. The molecule has 2 fully saturated rings. The summed E-state index contributed by atoms with van der Waals surface area (Å²) in [7, 11) is 0. The Kier molecular flexibility index (Phi) is 5.63. The Morgan fingerprint density at radius 2 is 1.80 bits per heavy atom. The number of quaternary nitrogens is 1. The normalized spacial score (nSPS) is 25.8. The van der Waals surface area contributed by atoms with Crippen molar-refractivity contribution in [1.82, 2.24) is 5.06 Å². The number of hydrogen-bond donors (Lipinski definition) is 1. The fourth-order valence-corrected chi connectivity index (χ4v) is 3.84. The summed E-state index contributed by atoms with van der Waals surface area (Å²) in [4.78, 5) is 51.7. The van der Waals surface area contributed by atoms with Gasteiger partial charge in [0.05, 0.1) is 6.04 Å². The van der Waals surface area contributed by atoms with Crippen LogP contribution in [0.5, 0.6) is 0 Å². The average Bonchev–Trinajstić information content (AvgIpc) is 3.08. The highest BCUT2D eigenvalue weighted by Gasteiger charge is 2.35. The number of amides is 2. The third-order valence-corrected chi connectivity index (χ3v) is 5.21. The molecule has 3 aliphatic rings. The second-order valence-electron chi connectivity index (χ2n) is 7.05. The zero-order valence-corrected chi connectivity index (χ0v) is 14.4. The van der Waals surface area contributed by atoms with Crippen molar-refractivity contribution < 1.29 is 29.3 Å². The Hall–Kier alpha value is -2.02. The van der Waals surface area contributed by atoms with Gasteiger partial charge in [-0.3, -0.25) is 14.4 Å². The predicted molar refractivity (Wildman–Crippen MR) is 86.7 cm³/mol. The number of Topliss-reactive ketones (excluding diaryl/α,β-unsaturated/α-hetero) is 1. The lowest BCUT2D eigenvalue weighted by molar-refractivity contribution is -0.692. The van der Waals surface area contributed by atoms with Crippen molar-refractivity contribution >= 4 is 23.6 Å². The Morgan fingerprint density at radius 1 is 1.08 bits per heavy atom. The number of allylic oxidation sites excluding steroid dienone is 1. The van der Waals surface area contributed by atoms with Crippen molar-refractivity contribution in [1.29, 1.82) is 0 Å². The van der Waals surface area contributed by atoms with E-state index >= 15 is 0 Å². The molecule has 3 rings (SSSR count). The number of ketones is 1. The molecule has 0 spiro atoms. The topological polar surface area (TPSA) is 97.4 Å². The fourth-order valence-electron chi connectivity index (χ4n) is 3.84. The maximum absolute atomic E-state index is 12.4. The first-order valence-electron chi connectivity index (χ1n) is 9.19. The molecule has 3 aliphatic heterocycles. The molecule has 0 radical (unpaired) electrons. The average molecular weight is 349 g/mol. The van der Waals surface area contributed by atoms with E-state index in [4.69, 9.17) is 4.84 Å². The molecule has 7 heteroatoms. The van der Waals surface area contributed by atoms with Crippen molar-refractivity contribution in [3.05, 3.63) is 11.6 Å². The Bertz CT molecular complexity index is 597. The molecule has 0 aliphatic carbocycles. The standard InChI is InChI=1S/C18H24N2O5/c21-15(13-5-3-4-12-8-9-14(13)19-12)6-1-2-7-18(24)25-20-16(22)10-11-17(20)23/h5,12,14,19H,1-4,6-11H2/p+1/t12-,14?/m0/s1. The van der Waals surface area contributed by atoms with Gasteiger partial charge in [0, 0.05) is 50.5 Å². The van der Waals surface area contributed by atoms with Gasteiger partial charge < -0.3 is 10.2 Å². The molecule has 0 aromatic heterocycles. The molecule has 0 saturated carbocycles. The van der Waals surface area contributed by atoms with E-state index < -0.39 is 17.8 Å². The summed E-state index contributed by atoms with van der Waals surface area (Å²) in [6.07, 6.45) is 8.30. The van der Waals surface area contributed by atoms with Crippen LogP contribution in [-0.4, -0.2) is 40.7 Å². The van der Waals surface area contributed by atoms with E-state index in [0.717, 1.165) is 24.8 Å². The quantitative estimate of drug-likeness (QED) is 0.534. The first-order chi connectivity index (χ1) is 12.0. The molecule has 0 aromatic carbocycles. The van der Waals surface area contributed by atoms with Crippen LogP contribution in [0.4, 0.5) is 0 Å². The number of nitrogens with zero attached hydrogens (tertiary/aromatic N) is 1. The molecule has 3 heterocycles. The number of carbonyl (C=O) groups excluding carboxylic acids is 4. The van der Waals surface area contributed by atoms with Crippen molar-refractivity contribution in [2.24, 2.45) is 0 Å². The van der Waals surface area contributed by atoms with Crippen molar-refractivity contribution in [3.63, 3.8) is 0 Å². The summed E-state index contributed by atoms with van der Waals surface area (Å²) < 4.78 is 0. The maximum atomic E-state index is 12.4. The van der Waals surface area contributed by atoms with E-state index in [1.165, 1.54) is 6.42 Å². The van der Waals surface area contributed by atoms with Crippen molar-refractivity contribution in [2.75, 3.05) is 0 Å². The van der Waals surface area contributed by atoms with Gasteiger partial charge in [0.1, 0.15) is 6.04 Å². The molecular formula is C18H25N2O5+. The maximum Gasteiger partial charge on any atom is 0.333 e. The second kappa shape index (κ2) is 7.91. The van der Waals surface area contributed by atoms with Gasteiger partial charge in [-0.25, -0.2) is 4.79 Å². The fraction of sp³-hybridized carbons (Fsp3) is 0.667. The van der Waals surface area contributed by atoms with Crippen molar-refractivity contribution in [2.45, 2.75) is 76.3 Å². The summed E-state index contributed by atoms with van der Waals surface area (Å²) in [5.74, 6) is -1.36. The summed E-state index contributed by atoms with van der Waals surface area (Å²) in [5.41, 5.74) is 0.954. The Balaban J connectivity index is 1.37. The van der Waals surface area contributed by atoms with E-state index in [1.807, 2.05) is 0 Å². The molecule has 2 bridgehead atoms. The summed E-state index contributed by atoms with van der Waals surface area (Å²) in [6, 6.07) is 0.981. The lowest BCUT2D eigenvalue weighted by atomic mass is 9.94. The number of hydrogen-bond acceptors (Lipinski definition) is 5. The molecule has 2 atom stereocenters. The molecule has 2 amide bonds. The number of carbonyl (C=O) groups is 4. The number of rotatable bonds is 7. The summed E-state index contributed by atoms with van der Waals surface area (Å²) in [5, 5.41) is 2.90. The minimum absolute atomic E-state index is 0.0920. The van der Waals surface area contributed by atoms with Gasteiger partial charge in [0.15, 0.2) is 5.78 Å². The zero-order chi connectivity index (χ0) is 17.8. The number of imide groups is 1. The molecule has 1 unspecified atom stereocenters. The van der Waals surface area contributed by atoms with Crippen LogP contribution in [0.25, 0.3) is 0 Å². The molecule has 0 aromatic rings. The highest BCUT2D eigenvalue weighted by molar-refractivity contribution is 6.01. The Labute approximate surface area is 146 Å². The first-order valence-corrected chi connectivity index (χ1v) is 9.19. The van der Waals surface area contributed by atoms with E-state index in [-0.39, 0.29) is 25.0 Å². The smallest absolute Gasteiger partial charge is 0.333 e. The third kappa shape index (κ3) is 4.34. The SMILES string of the molecule is O=C(CCCCC(=O)C1=CCC[C@H]2CCC1[NH2+]2)ON1C(=O)CCC1=O. The van der Waals surface area contributed by atoms with Gasteiger partial charge in [0.2, 0.25) is 0 Å². The van der Waals surface area contributed by atoms with E-state index in [9.17, 15) is 19.2 Å². The van der Waals surface area contributed by atoms with E-state index in [2.05, 4.69) is 11.4 Å². The second-order valence-corrected chi connectivity index (χ2v) is 7.05. The molecule has 25 heavy (non-hydrogen) atoms. The van der Waals surface area contributed by atoms with Crippen LogP contribution in [0.1, 0.15) is 64.2 Å².